The molecule has 2 aromatic carbocycles. The monoisotopic (exact) mass is 389 g/mol. The van der Waals surface area contributed by atoms with Gasteiger partial charge in [-0.1, -0.05) is 25.1 Å². The fourth-order valence-corrected chi connectivity index (χ4v) is 2.88. The fraction of sp³-hybridized carbons (Fsp3) is 0.182. The molecule has 7 nitrogen and oxygen atoms in total. The van der Waals surface area contributed by atoms with Crippen LogP contribution in [0.1, 0.15) is 35.5 Å². The topological polar surface area (TPSA) is 96.0 Å². The summed E-state index contributed by atoms with van der Waals surface area (Å²) in [5.41, 5.74) is 4.80. The van der Waals surface area contributed by atoms with E-state index in [1.165, 1.54) is 18.7 Å². The first-order chi connectivity index (χ1) is 14.0. The molecule has 0 bridgehead atoms. The Morgan fingerprint density at radius 3 is 2.21 bits per heavy atom. The lowest BCUT2D eigenvalue weighted by molar-refractivity contribution is -0.114. The minimum Gasteiger partial charge on any atom is -0.339 e. The Hall–Kier alpha value is -3.74. The van der Waals surface area contributed by atoms with Crippen molar-refractivity contribution in [3.63, 3.8) is 0 Å². The van der Waals surface area contributed by atoms with Gasteiger partial charge in [-0.15, -0.1) is 0 Å². The van der Waals surface area contributed by atoms with E-state index in [1.54, 1.807) is 30.5 Å². The zero-order valence-corrected chi connectivity index (χ0v) is 16.6. The van der Waals surface area contributed by atoms with Gasteiger partial charge in [0.05, 0.1) is 12.4 Å². The molecule has 3 aromatic rings. The van der Waals surface area contributed by atoms with Crippen molar-refractivity contribution in [2.45, 2.75) is 27.2 Å². The van der Waals surface area contributed by atoms with Crippen molar-refractivity contribution in [2.75, 3.05) is 16.0 Å². The Labute approximate surface area is 169 Å². The first kappa shape index (κ1) is 20.0. The summed E-state index contributed by atoms with van der Waals surface area (Å²) in [4.78, 5) is 32.0. The van der Waals surface area contributed by atoms with E-state index in [2.05, 4.69) is 38.9 Å². The van der Waals surface area contributed by atoms with Crippen molar-refractivity contribution in [3.05, 3.63) is 71.7 Å². The number of para-hydroxylation sites is 1. The molecule has 1 heterocycles. The molecule has 2 amide bonds. The summed E-state index contributed by atoms with van der Waals surface area (Å²) in [6.07, 6.45) is 3.88. The number of amides is 2. The quantitative estimate of drug-likeness (QED) is 0.584. The highest BCUT2D eigenvalue weighted by Gasteiger charge is 2.10. The Bertz CT molecular complexity index is 1010. The number of aryl methyl sites for hydroxylation is 2. The number of carbonyl (C=O) groups is 2. The van der Waals surface area contributed by atoms with Crippen LogP contribution in [0.3, 0.4) is 0 Å². The van der Waals surface area contributed by atoms with Crippen LogP contribution in [-0.4, -0.2) is 21.8 Å². The highest BCUT2D eigenvalue weighted by atomic mass is 16.2. The van der Waals surface area contributed by atoms with Crippen LogP contribution in [0.15, 0.2) is 54.9 Å². The van der Waals surface area contributed by atoms with Crippen molar-refractivity contribution < 1.29 is 9.59 Å². The number of aromatic nitrogens is 2. The van der Waals surface area contributed by atoms with Crippen LogP contribution < -0.4 is 16.0 Å². The van der Waals surface area contributed by atoms with Gasteiger partial charge in [0, 0.05) is 24.0 Å². The molecule has 0 atom stereocenters. The van der Waals surface area contributed by atoms with Gasteiger partial charge < -0.3 is 16.0 Å². The summed E-state index contributed by atoms with van der Waals surface area (Å²) in [7, 11) is 0. The lowest BCUT2D eigenvalue weighted by Gasteiger charge is -2.13. The van der Waals surface area contributed by atoms with Crippen molar-refractivity contribution in [1.82, 2.24) is 9.97 Å². The number of hydrogen-bond donors (Lipinski definition) is 3. The first-order valence-corrected chi connectivity index (χ1v) is 9.33. The van der Waals surface area contributed by atoms with Gasteiger partial charge in [-0.3, -0.25) is 9.59 Å². The van der Waals surface area contributed by atoms with Crippen LogP contribution in [0.2, 0.25) is 0 Å². The minimum atomic E-state index is -0.360. The van der Waals surface area contributed by atoms with E-state index >= 15 is 0 Å². The summed E-state index contributed by atoms with van der Waals surface area (Å²) in [6.45, 7) is 5.57. The highest BCUT2D eigenvalue weighted by molar-refractivity contribution is 6.02. The van der Waals surface area contributed by atoms with Gasteiger partial charge in [0.2, 0.25) is 5.91 Å². The largest absolute Gasteiger partial charge is 0.339 e. The van der Waals surface area contributed by atoms with E-state index < -0.39 is 0 Å². The van der Waals surface area contributed by atoms with Crippen LogP contribution in [0.5, 0.6) is 0 Å². The third-order valence-corrected chi connectivity index (χ3v) is 4.34. The fourth-order valence-electron chi connectivity index (χ4n) is 2.88. The molecule has 29 heavy (non-hydrogen) atoms. The van der Waals surface area contributed by atoms with E-state index in [0.717, 1.165) is 17.7 Å². The molecule has 0 radical (unpaired) electrons. The maximum Gasteiger partial charge on any atom is 0.275 e. The zero-order chi connectivity index (χ0) is 20.8. The predicted molar refractivity (Wildman–Crippen MR) is 115 cm³/mol. The molecule has 1 aromatic heterocycles. The first-order valence-electron chi connectivity index (χ1n) is 9.33. The summed E-state index contributed by atoms with van der Waals surface area (Å²) in [5.74, 6) is 0.0641. The average Bonchev–Trinajstić information content (AvgIpc) is 2.71. The molecule has 0 spiro atoms. The third-order valence-electron chi connectivity index (χ3n) is 4.34. The van der Waals surface area contributed by atoms with E-state index in [-0.39, 0.29) is 17.5 Å². The van der Waals surface area contributed by atoms with Crippen LogP contribution in [-0.2, 0) is 11.2 Å². The maximum atomic E-state index is 12.4. The Morgan fingerprint density at radius 2 is 1.62 bits per heavy atom. The normalized spacial score (nSPS) is 10.3. The molecule has 0 aliphatic rings. The average molecular weight is 389 g/mol. The van der Waals surface area contributed by atoms with Crippen LogP contribution in [0, 0.1) is 6.92 Å². The molecule has 3 N–H and O–H groups in total. The molecule has 0 fully saturated rings. The molecule has 0 saturated carbocycles. The van der Waals surface area contributed by atoms with Crippen molar-refractivity contribution in [2.24, 2.45) is 0 Å². The third kappa shape index (κ3) is 5.16. The summed E-state index contributed by atoms with van der Waals surface area (Å²) < 4.78 is 0. The number of carbonyl (C=O) groups excluding carboxylic acids is 2. The van der Waals surface area contributed by atoms with Gasteiger partial charge in [0.1, 0.15) is 11.5 Å². The molecule has 0 saturated heterocycles. The minimum absolute atomic E-state index is 0.150. The van der Waals surface area contributed by atoms with Gasteiger partial charge >= 0.3 is 0 Å². The Kier molecular flexibility index (Phi) is 6.19. The lowest BCUT2D eigenvalue weighted by atomic mass is 10.1. The van der Waals surface area contributed by atoms with E-state index in [1.807, 2.05) is 19.1 Å². The van der Waals surface area contributed by atoms with Gasteiger partial charge in [-0.2, -0.15) is 0 Å². The van der Waals surface area contributed by atoms with E-state index in [0.29, 0.717) is 17.2 Å². The molecular formula is C22H23N5O2. The standard InChI is InChI=1S/C22H23N5O2/c1-4-16-7-5-6-14(2)21(16)27-20-13-23-19(12-24-20)22(29)26-18-10-8-17(9-11-18)25-15(3)28/h5-13H,4H2,1-3H3,(H,24,27)(H,25,28)(H,26,29). The number of rotatable bonds is 6. The maximum absolute atomic E-state index is 12.4. The second-order valence-electron chi connectivity index (χ2n) is 6.59. The molecule has 0 aliphatic carbocycles. The summed E-state index contributed by atoms with van der Waals surface area (Å²) >= 11 is 0. The zero-order valence-electron chi connectivity index (χ0n) is 16.6. The van der Waals surface area contributed by atoms with Gasteiger partial charge in [0.25, 0.3) is 5.91 Å². The van der Waals surface area contributed by atoms with Crippen molar-refractivity contribution in [3.8, 4) is 0 Å². The molecule has 3 rings (SSSR count). The lowest BCUT2D eigenvalue weighted by Crippen LogP contribution is -2.14. The van der Waals surface area contributed by atoms with E-state index in [9.17, 15) is 9.59 Å². The smallest absolute Gasteiger partial charge is 0.275 e. The number of nitrogens with one attached hydrogen (secondary N) is 3. The molecule has 0 unspecified atom stereocenters. The Balaban J connectivity index is 1.67. The van der Waals surface area contributed by atoms with E-state index in [4.69, 9.17) is 0 Å². The van der Waals surface area contributed by atoms with Gasteiger partial charge in [0.15, 0.2) is 0 Å². The summed E-state index contributed by atoms with van der Waals surface area (Å²) in [6, 6.07) is 13.0. The van der Waals surface area contributed by atoms with Crippen molar-refractivity contribution >= 4 is 34.7 Å². The number of anilines is 4. The number of nitrogens with zero attached hydrogens (tertiary/aromatic N) is 2. The second kappa shape index (κ2) is 8.97. The van der Waals surface area contributed by atoms with Gasteiger partial charge in [-0.25, -0.2) is 9.97 Å². The predicted octanol–water partition coefficient (Wildman–Crippen LogP) is 4.30. The number of hydrogen-bond acceptors (Lipinski definition) is 5. The van der Waals surface area contributed by atoms with Crippen LogP contribution in [0.25, 0.3) is 0 Å². The van der Waals surface area contributed by atoms with Crippen molar-refractivity contribution in [1.29, 1.82) is 0 Å². The summed E-state index contributed by atoms with van der Waals surface area (Å²) in [5, 5.41) is 8.72. The molecule has 148 valence electrons. The second-order valence-corrected chi connectivity index (χ2v) is 6.59. The number of benzene rings is 2. The van der Waals surface area contributed by atoms with Crippen LogP contribution >= 0.6 is 0 Å². The van der Waals surface area contributed by atoms with Crippen LogP contribution in [0.4, 0.5) is 22.9 Å². The SMILES string of the molecule is CCc1cccc(C)c1Nc1cnc(C(=O)Nc2ccc(NC(C)=O)cc2)cn1. The molecule has 7 heteroatoms. The molecular weight excluding hydrogens is 366 g/mol. The molecule has 0 aliphatic heterocycles. The highest BCUT2D eigenvalue weighted by Crippen LogP contribution is 2.24. The van der Waals surface area contributed by atoms with Gasteiger partial charge in [-0.05, 0) is 48.7 Å². The Morgan fingerprint density at radius 1 is 0.931 bits per heavy atom.